The summed E-state index contributed by atoms with van der Waals surface area (Å²) in [4.78, 5) is 14.1. The molecule has 0 radical (unpaired) electrons. The van der Waals surface area contributed by atoms with E-state index in [9.17, 15) is 36.5 Å². The van der Waals surface area contributed by atoms with E-state index >= 15 is 0 Å². The smallest absolute Gasteiger partial charge is 0.258 e. The summed E-state index contributed by atoms with van der Waals surface area (Å²) in [6.07, 6.45) is -8.91. The molecular formula is C19H10F6N2O2. The topological polar surface area (TPSA) is 56.0 Å². The van der Waals surface area contributed by atoms with Crippen LogP contribution in [0.4, 0.5) is 32.0 Å². The molecule has 0 unspecified atom stereocenters. The van der Waals surface area contributed by atoms with Gasteiger partial charge in [-0.15, -0.1) is 0 Å². The number of nitrogens with zero attached hydrogens (tertiary/aromatic N) is 2. The lowest BCUT2D eigenvalue weighted by Gasteiger charge is -2.15. The lowest BCUT2D eigenvalue weighted by atomic mass is 9.95. The van der Waals surface area contributed by atoms with Crippen molar-refractivity contribution < 1.29 is 31.3 Å². The molecule has 0 saturated carbocycles. The Morgan fingerprint density at radius 3 is 1.76 bits per heavy atom. The first kappa shape index (κ1) is 20.3. The molecule has 0 amide bonds. The van der Waals surface area contributed by atoms with E-state index in [1.54, 1.807) is 0 Å². The SMILES string of the molecule is O=[N+]([O-])c1cnc(-c2ccccc2C(F)(F)F)cc1-c1ccccc1C(F)(F)F. The molecule has 150 valence electrons. The minimum atomic E-state index is -4.82. The zero-order chi connectivity index (χ0) is 21.4. The molecule has 0 spiro atoms. The lowest BCUT2D eigenvalue weighted by Crippen LogP contribution is -2.09. The summed E-state index contributed by atoms with van der Waals surface area (Å²) < 4.78 is 80.0. The Labute approximate surface area is 159 Å². The van der Waals surface area contributed by atoms with Gasteiger partial charge in [-0.25, -0.2) is 4.98 Å². The van der Waals surface area contributed by atoms with Crippen LogP contribution in [0.25, 0.3) is 22.4 Å². The molecule has 0 N–H and O–H groups in total. The van der Waals surface area contributed by atoms with Crippen molar-refractivity contribution in [3.63, 3.8) is 0 Å². The zero-order valence-electron chi connectivity index (χ0n) is 14.3. The summed E-state index contributed by atoms with van der Waals surface area (Å²) in [7, 11) is 0. The van der Waals surface area contributed by atoms with Crippen LogP contribution >= 0.6 is 0 Å². The van der Waals surface area contributed by atoms with Crippen LogP contribution in [0.2, 0.25) is 0 Å². The predicted octanol–water partition coefficient (Wildman–Crippen LogP) is 6.36. The van der Waals surface area contributed by atoms with Gasteiger partial charge >= 0.3 is 12.4 Å². The number of hydrogen-bond acceptors (Lipinski definition) is 3. The molecule has 0 atom stereocenters. The second-order valence-electron chi connectivity index (χ2n) is 5.93. The highest BCUT2D eigenvalue weighted by atomic mass is 19.4. The van der Waals surface area contributed by atoms with Crippen LogP contribution in [0.1, 0.15) is 11.1 Å². The van der Waals surface area contributed by atoms with Crippen LogP contribution in [-0.2, 0) is 12.4 Å². The molecule has 4 nitrogen and oxygen atoms in total. The van der Waals surface area contributed by atoms with Gasteiger partial charge in [0.15, 0.2) is 0 Å². The van der Waals surface area contributed by atoms with Crippen molar-refractivity contribution in [2.45, 2.75) is 12.4 Å². The molecule has 0 aliphatic heterocycles. The highest BCUT2D eigenvalue weighted by molar-refractivity contribution is 5.80. The number of hydrogen-bond donors (Lipinski definition) is 0. The Balaban J connectivity index is 2.31. The third-order valence-corrected chi connectivity index (χ3v) is 4.11. The lowest BCUT2D eigenvalue weighted by molar-refractivity contribution is -0.384. The van der Waals surface area contributed by atoms with E-state index in [0.717, 1.165) is 42.5 Å². The fourth-order valence-corrected chi connectivity index (χ4v) is 2.88. The average Bonchev–Trinajstić information content (AvgIpc) is 2.66. The van der Waals surface area contributed by atoms with Gasteiger partial charge in [0.1, 0.15) is 6.20 Å². The van der Waals surface area contributed by atoms with Crippen LogP contribution in [0, 0.1) is 10.1 Å². The molecule has 3 rings (SSSR count). The van der Waals surface area contributed by atoms with Gasteiger partial charge in [0, 0.05) is 11.1 Å². The largest absolute Gasteiger partial charge is 0.417 e. The van der Waals surface area contributed by atoms with Crippen LogP contribution in [0.15, 0.2) is 60.8 Å². The van der Waals surface area contributed by atoms with E-state index in [4.69, 9.17) is 0 Å². The zero-order valence-corrected chi connectivity index (χ0v) is 14.3. The van der Waals surface area contributed by atoms with Crippen LogP contribution in [0.5, 0.6) is 0 Å². The van der Waals surface area contributed by atoms with E-state index in [1.165, 1.54) is 12.1 Å². The summed E-state index contributed by atoms with van der Waals surface area (Å²) in [6.45, 7) is 0. The fraction of sp³-hybridized carbons (Fsp3) is 0.105. The highest BCUT2D eigenvalue weighted by Gasteiger charge is 2.36. The molecule has 0 fully saturated rings. The first-order valence-electron chi connectivity index (χ1n) is 7.98. The number of benzene rings is 2. The van der Waals surface area contributed by atoms with Crippen molar-refractivity contribution in [3.05, 3.63) is 82.0 Å². The maximum absolute atomic E-state index is 13.4. The molecule has 1 aromatic heterocycles. The van der Waals surface area contributed by atoms with Gasteiger partial charge in [0.05, 0.1) is 27.3 Å². The summed E-state index contributed by atoms with van der Waals surface area (Å²) in [6, 6.07) is 9.32. The summed E-state index contributed by atoms with van der Waals surface area (Å²) >= 11 is 0. The van der Waals surface area contributed by atoms with Crippen molar-refractivity contribution in [3.8, 4) is 22.4 Å². The second kappa shape index (κ2) is 7.19. The molecule has 0 saturated heterocycles. The number of alkyl halides is 6. The molecular weight excluding hydrogens is 402 g/mol. The first-order chi connectivity index (χ1) is 13.5. The number of nitro groups is 1. The quantitative estimate of drug-likeness (QED) is 0.286. The Morgan fingerprint density at radius 1 is 0.759 bits per heavy atom. The Hall–Kier alpha value is -3.43. The first-order valence-corrected chi connectivity index (χ1v) is 7.98. The molecule has 0 aliphatic rings. The molecule has 0 bridgehead atoms. The molecule has 1 heterocycles. The molecule has 3 aromatic rings. The van der Waals surface area contributed by atoms with Gasteiger partial charge in [-0.05, 0) is 18.2 Å². The maximum Gasteiger partial charge on any atom is 0.417 e. The Kier molecular flexibility index (Phi) is 5.04. The highest BCUT2D eigenvalue weighted by Crippen LogP contribution is 2.42. The molecule has 10 heteroatoms. The second-order valence-corrected chi connectivity index (χ2v) is 5.93. The van der Waals surface area contributed by atoms with E-state index < -0.39 is 50.8 Å². The maximum atomic E-state index is 13.4. The van der Waals surface area contributed by atoms with Crippen molar-refractivity contribution in [2.24, 2.45) is 0 Å². The van der Waals surface area contributed by atoms with Gasteiger partial charge in [-0.3, -0.25) is 10.1 Å². The van der Waals surface area contributed by atoms with Crippen LogP contribution < -0.4 is 0 Å². The summed E-state index contributed by atoms with van der Waals surface area (Å²) in [5.74, 6) is 0. The normalized spacial score (nSPS) is 12.1. The van der Waals surface area contributed by atoms with Gasteiger partial charge in [-0.1, -0.05) is 36.4 Å². The average molecular weight is 412 g/mol. The molecule has 2 aromatic carbocycles. The monoisotopic (exact) mass is 412 g/mol. The van der Waals surface area contributed by atoms with Crippen molar-refractivity contribution in [1.29, 1.82) is 0 Å². The third-order valence-electron chi connectivity index (χ3n) is 4.11. The van der Waals surface area contributed by atoms with Crippen molar-refractivity contribution in [1.82, 2.24) is 4.98 Å². The van der Waals surface area contributed by atoms with E-state index in [0.29, 0.717) is 6.20 Å². The van der Waals surface area contributed by atoms with Crippen molar-refractivity contribution in [2.75, 3.05) is 0 Å². The van der Waals surface area contributed by atoms with Gasteiger partial charge < -0.3 is 0 Å². The third kappa shape index (κ3) is 4.05. The van der Waals surface area contributed by atoms with Gasteiger partial charge in [-0.2, -0.15) is 26.3 Å². The van der Waals surface area contributed by atoms with E-state index in [1.807, 2.05) is 0 Å². The predicted molar refractivity (Wildman–Crippen MR) is 91.8 cm³/mol. The van der Waals surface area contributed by atoms with E-state index in [-0.39, 0.29) is 5.69 Å². The van der Waals surface area contributed by atoms with Crippen LogP contribution in [-0.4, -0.2) is 9.91 Å². The Morgan fingerprint density at radius 2 is 1.24 bits per heavy atom. The van der Waals surface area contributed by atoms with E-state index in [2.05, 4.69) is 4.98 Å². The molecule has 29 heavy (non-hydrogen) atoms. The van der Waals surface area contributed by atoms with Gasteiger partial charge in [0.2, 0.25) is 0 Å². The summed E-state index contributed by atoms with van der Waals surface area (Å²) in [5, 5.41) is 11.3. The number of aromatic nitrogens is 1. The minimum absolute atomic E-state index is 0.337. The number of halogens is 6. The fourth-order valence-electron chi connectivity index (χ4n) is 2.88. The van der Waals surface area contributed by atoms with Crippen molar-refractivity contribution >= 4 is 5.69 Å². The summed E-state index contributed by atoms with van der Waals surface area (Å²) in [5.41, 5.74) is -4.71. The number of rotatable bonds is 3. The standard InChI is InChI=1S/C19H10F6N2O2/c20-18(21,22)14-7-3-1-5-11(14)13-9-16(26-10-17(13)27(28)29)12-6-2-4-8-15(12)19(23,24)25/h1-10H. The number of pyridine rings is 1. The Bertz CT molecular complexity index is 1080. The van der Waals surface area contributed by atoms with Gasteiger partial charge in [0.25, 0.3) is 5.69 Å². The molecule has 0 aliphatic carbocycles. The van der Waals surface area contributed by atoms with Crippen LogP contribution in [0.3, 0.4) is 0 Å². The minimum Gasteiger partial charge on any atom is -0.258 e.